The number of nitrogens with two attached hydrogens (primary N) is 1. The van der Waals surface area contributed by atoms with Crippen LogP contribution in [-0.2, 0) is 4.79 Å². The van der Waals surface area contributed by atoms with Crippen LogP contribution >= 0.6 is 0 Å². The molecule has 3 heteroatoms. The number of carbonyl (C=O) groups excluding carboxylic acids is 1. The van der Waals surface area contributed by atoms with E-state index in [-0.39, 0.29) is 17.4 Å². The predicted molar refractivity (Wildman–Crippen MR) is 67.1 cm³/mol. The van der Waals surface area contributed by atoms with E-state index >= 15 is 0 Å². The maximum absolute atomic E-state index is 11.9. The van der Waals surface area contributed by atoms with Gasteiger partial charge >= 0.3 is 0 Å². The van der Waals surface area contributed by atoms with Crippen molar-refractivity contribution >= 4 is 5.91 Å². The summed E-state index contributed by atoms with van der Waals surface area (Å²) >= 11 is 0. The molecule has 1 amide bonds. The minimum atomic E-state index is -0.331. The number of amides is 1. The summed E-state index contributed by atoms with van der Waals surface area (Å²) < 4.78 is 0. The molecule has 16 heavy (non-hydrogen) atoms. The van der Waals surface area contributed by atoms with Gasteiger partial charge in [0.15, 0.2) is 0 Å². The first kappa shape index (κ1) is 13.5. The van der Waals surface area contributed by atoms with Crippen LogP contribution in [0.4, 0.5) is 0 Å². The fourth-order valence-corrected chi connectivity index (χ4v) is 2.48. The molecule has 0 heterocycles. The second kappa shape index (κ2) is 5.67. The molecule has 0 aliphatic heterocycles. The first-order chi connectivity index (χ1) is 7.47. The van der Waals surface area contributed by atoms with E-state index in [0.29, 0.717) is 6.04 Å². The third-order valence-corrected chi connectivity index (χ3v) is 3.76. The van der Waals surface area contributed by atoms with Gasteiger partial charge in [-0.2, -0.15) is 0 Å². The summed E-state index contributed by atoms with van der Waals surface area (Å²) in [6.07, 6.45) is 6.53. The Morgan fingerprint density at radius 1 is 1.50 bits per heavy atom. The third kappa shape index (κ3) is 3.48. The average Bonchev–Trinajstić information content (AvgIpc) is 2.21. The summed E-state index contributed by atoms with van der Waals surface area (Å²) in [7, 11) is 0. The zero-order valence-electron chi connectivity index (χ0n) is 10.9. The molecular formula is C13H26N2O. The molecule has 1 unspecified atom stereocenters. The van der Waals surface area contributed by atoms with Crippen LogP contribution in [0.25, 0.3) is 0 Å². The van der Waals surface area contributed by atoms with E-state index in [2.05, 4.69) is 26.1 Å². The molecule has 0 bridgehead atoms. The maximum Gasteiger partial charge on any atom is 0.237 e. The minimum Gasteiger partial charge on any atom is -0.351 e. The van der Waals surface area contributed by atoms with Gasteiger partial charge in [-0.15, -0.1) is 0 Å². The van der Waals surface area contributed by atoms with Gasteiger partial charge in [-0.25, -0.2) is 0 Å². The fourth-order valence-electron chi connectivity index (χ4n) is 2.48. The molecule has 1 rings (SSSR count). The molecule has 1 saturated carbocycles. The fraction of sp³-hybridized carbons (Fsp3) is 0.923. The molecule has 3 N–H and O–H groups in total. The average molecular weight is 226 g/mol. The molecule has 0 aromatic rings. The highest BCUT2D eigenvalue weighted by atomic mass is 16.2. The van der Waals surface area contributed by atoms with Gasteiger partial charge in [0.2, 0.25) is 5.91 Å². The first-order valence-corrected chi connectivity index (χ1v) is 6.53. The Bertz CT molecular complexity index is 238. The van der Waals surface area contributed by atoms with Gasteiger partial charge in [0, 0.05) is 6.04 Å². The van der Waals surface area contributed by atoms with Gasteiger partial charge in [0.05, 0.1) is 6.04 Å². The molecule has 1 fully saturated rings. The Hall–Kier alpha value is -0.570. The van der Waals surface area contributed by atoms with Gasteiger partial charge < -0.3 is 11.1 Å². The van der Waals surface area contributed by atoms with Crippen LogP contribution in [0.3, 0.4) is 0 Å². The molecule has 0 spiro atoms. The summed E-state index contributed by atoms with van der Waals surface area (Å²) in [5.41, 5.74) is 6.04. The maximum atomic E-state index is 11.9. The number of hydrogen-bond acceptors (Lipinski definition) is 2. The number of carbonyl (C=O) groups is 1. The standard InChI is InChI=1S/C13H26N2O/c1-4-7-10(14)12(16)15-11-8-5-6-9-13(11,2)3/h10-11H,4-9,14H2,1-3H3,(H,15,16)/t10-,11?/m1/s1. The Morgan fingerprint density at radius 3 is 2.75 bits per heavy atom. The molecule has 0 aromatic carbocycles. The van der Waals surface area contributed by atoms with Crippen molar-refractivity contribution in [3.8, 4) is 0 Å². The van der Waals surface area contributed by atoms with E-state index < -0.39 is 0 Å². The van der Waals surface area contributed by atoms with Crippen molar-refractivity contribution < 1.29 is 4.79 Å². The lowest BCUT2D eigenvalue weighted by Crippen LogP contribution is -2.51. The molecule has 0 aromatic heterocycles. The van der Waals surface area contributed by atoms with Gasteiger partial charge in [0.1, 0.15) is 0 Å². The van der Waals surface area contributed by atoms with Crippen molar-refractivity contribution in [1.29, 1.82) is 0 Å². The topological polar surface area (TPSA) is 55.1 Å². The summed E-state index contributed by atoms with van der Waals surface area (Å²) in [4.78, 5) is 11.9. The number of rotatable bonds is 4. The van der Waals surface area contributed by atoms with Crippen LogP contribution < -0.4 is 11.1 Å². The van der Waals surface area contributed by atoms with E-state index in [1.165, 1.54) is 19.3 Å². The molecule has 94 valence electrons. The second-order valence-electron chi connectivity index (χ2n) is 5.69. The number of nitrogens with one attached hydrogen (secondary N) is 1. The van der Waals surface area contributed by atoms with Crippen molar-refractivity contribution in [2.45, 2.75) is 71.4 Å². The lowest BCUT2D eigenvalue weighted by Gasteiger charge is -2.39. The molecular weight excluding hydrogens is 200 g/mol. The van der Waals surface area contributed by atoms with E-state index in [0.717, 1.165) is 19.3 Å². The quantitative estimate of drug-likeness (QED) is 0.772. The summed E-state index contributed by atoms with van der Waals surface area (Å²) in [5, 5.41) is 3.13. The zero-order valence-corrected chi connectivity index (χ0v) is 10.9. The highest BCUT2D eigenvalue weighted by molar-refractivity contribution is 5.81. The second-order valence-corrected chi connectivity index (χ2v) is 5.69. The smallest absolute Gasteiger partial charge is 0.237 e. The third-order valence-electron chi connectivity index (χ3n) is 3.76. The van der Waals surface area contributed by atoms with Gasteiger partial charge in [0.25, 0.3) is 0 Å². The van der Waals surface area contributed by atoms with E-state index in [9.17, 15) is 4.79 Å². The van der Waals surface area contributed by atoms with Crippen LogP contribution in [-0.4, -0.2) is 18.0 Å². The van der Waals surface area contributed by atoms with Crippen molar-refractivity contribution in [3.05, 3.63) is 0 Å². The Kier molecular flexibility index (Phi) is 4.78. The summed E-state index contributed by atoms with van der Waals surface area (Å²) in [6.45, 7) is 6.53. The highest BCUT2D eigenvalue weighted by Crippen LogP contribution is 2.35. The Morgan fingerprint density at radius 2 is 2.19 bits per heavy atom. The zero-order chi connectivity index (χ0) is 12.2. The van der Waals surface area contributed by atoms with Crippen LogP contribution in [0.1, 0.15) is 59.3 Å². The molecule has 0 radical (unpaired) electrons. The molecule has 1 aliphatic carbocycles. The van der Waals surface area contributed by atoms with E-state index in [1.54, 1.807) is 0 Å². The van der Waals surface area contributed by atoms with Gasteiger partial charge in [-0.3, -0.25) is 4.79 Å². The summed E-state index contributed by atoms with van der Waals surface area (Å²) in [6, 6.07) is -0.0283. The van der Waals surface area contributed by atoms with Crippen LogP contribution in [0.5, 0.6) is 0 Å². The van der Waals surface area contributed by atoms with Crippen molar-refractivity contribution in [2.24, 2.45) is 11.1 Å². The lowest BCUT2D eigenvalue weighted by molar-refractivity contribution is -0.124. The Balaban J connectivity index is 2.49. The first-order valence-electron chi connectivity index (χ1n) is 6.53. The van der Waals surface area contributed by atoms with Crippen LogP contribution in [0.15, 0.2) is 0 Å². The van der Waals surface area contributed by atoms with E-state index in [1.807, 2.05) is 0 Å². The Labute approximate surface area is 99.2 Å². The minimum absolute atomic E-state index is 0.0295. The summed E-state index contributed by atoms with van der Waals surface area (Å²) in [5.74, 6) is 0.0295. The monoisotopic (exact) mass is 226 g/mol. The van der Waals surface area contributed by atoms with Crippen molar-refractivity contribution in [3.63, 3.8) is 0 Å². The lowest BCUT2D eigenvalue weighted by atomic mass is 9.73. The predicted octanol–water partition coefficient (Wildman–Crippen LogP) is 2.20. The number of hydrogen-bond donors (Lipinski definition) is 2. The van der Waals surface area contributed by atoms with Gasteiger partial charge in [-0.1, -0.05) is 40.0 Å². The SMILES string of the molecule is CCC[C@@H](N)C(=O)NC1CCCCC1(C)C. The van der Waals surface area contributed by atoms with Crippen LogP contribution in [0.2, 0.25) is 0 Å². The van der Waals surface area contributed by atoms with Crippen LogP contribution in [0, 0.1) is 5.41 Å². The normalized spacial score (nSPS) is 26.1. The largest absolute Gasteiger partial charge is 0.351 e. The highest BCUT2D eigenvalue weighted by Gasteiger charge is 2.33. The molecule has 2 atom stereocenters. The molecule has 1 aliphatic rings. The van der Waals surface area contributed by atoms with Crippen molar-refractivity contribution in [1.82, 2.24) is 5.32 Å². The van der Waals surface area contributed by atoms with Crippen molar-refractivity contribution in [2.75, 3.05) is 0 Å². The van der Waals surface area contributed by atoms with Gasteiger partial charge in [-0.05, 0) is 24.7 Å². The molecule has 3 nitrogen and oxygen atoms in total. The molecule has 0 saturated heterocycles. The van der Waals surface area contributed by atoms with E-state index in [4.69, 9.17) is 5.73 Å².